The molecule has 25 heavy (non-hydrogen) atoms. The Morgan fingerprint density at radius 3 is 2.40 bits per heavy atom. The Morgan fingerprint density at radius 2 is 1.76 bits per heavy atom. The summed E-state index contributed by atoms with van der Waals surface area (Å²) in [6.45, 7) is 2.55. The number of aromatic nitrogens is 1. The van der Waals surface area contributed by atoms with Crippen LogP contribution in [0.25, 0.3) is 0 Å². The Bertz CT molecular complexity index is 686. The van der Waals surface area contributed by atoms with Crippen LogP contribution < -0.4 is 4.74 Å². The number of carbonyl (C=O) groups is 2. The fourth-order valence-corrected chi connectivity index (χ4v) is 2.20. The minimum Gasteiger partial charge on any atom is -0.484 e. The van der Waals surface area contributed by atoms with Crippen molar-refractivity contribution in [2.45, 2.75) is 19.9 Å². The third-order valence-corrected chi connectivity index (χ3v) is 3.67. The Labute approximate surface area is 147 Å². The highest BCUT2D eigenvalue weighted by Crippen LogP contribution is 2.12. The largest absolute Gasteiger partial charge is 0.484 e. The molecular weight excluding hydrogens is 320 g/mol. The van der Waals surface area contributed by atoms with Gasteiger partial charge < -0.3 is 14.4 Å². The third kappa shape index (κ3) is 6.25. The summed E-state index contributed by atoms with van der Waals surface area (Å²) in [7, 11) is 1.33. The Balaban J connectivity index is 1.97. The standard InChI is InChI=1S/C19H22N2O4/c1-15-3-5-17(6-4-15)25-14-18(22)21(12-9-19(23)24-2)13-16-7-10-20-11-8-16/h3-8,10-11H,9,12-14H2,1-2H3. The molecule has 0 bridgehead atoms. The maximum Gasteiger partial charge on any atom is 0.307 e. The van der Waals surface area contributed by atoms with Crippen molar-refractivity contribution in [1.29, 1.82) is 0 Å². The van der Waals surface area contributed by atoms with Crippen molar-refractivity contribution >= 4 is 11.9 Å². The average molecular weight is 342 g/mol. The Hall–Kier alpha value is -2.89. The first kappa shape index (κ1) is 18.4. The molecule has 1 aromatic heterocycles. The monoisotopic (exact) mass is 342 g/mol. The van der Waals surface area contributed by atoms with Gasteiger partial charge in [0.25, 0.3) is 5.91 Å². The number of nitrogens with zero attached hydrogens (tertiary/aromatic N) is 2. The summed E-state index contributed by atoms with van der Waals surface area (Å²) in [4.78, 5) is 29.5. The van der Waals surface area contributed by atoms with E-state index in [-0.39, 0.29) is 31.4 Å². The van der Waals surface area contributed by atoms with E-state index in [0.717, 1.165) is 11.1 Å². The second kappa shape index (κ2) is 9.42. The Morgan fingerprint density at radius 1 is 1.08 bits per heavy atom. The molecule has 1 heterocycles. The number of hydrogen-bond acceptors (Lipinski definition) is 5. The molecule has 0 saturated heterocycles. The molecule has 0 aliphatic rings. The van der Waals surface area contributed by atoms with Crippen molar-refractivity contribution < 1.29 is 19.1 Å². The normalized spacial score (nSPS) is 10.2. The van der Waals surface area contributed by atoms with Crippen LogP contribution in [0.15, 0.2) is 48.8 Å². The Kier molecular flexibility index (Phi) is 6.95. The number of esters is 1. The van der Waals surface area contributed by atoms with Gasteiger partial charge in [0.2, 0.25) is 0 Å². The highest BCUT2D eigenvalue weighted by atomic mass is 16.5. The molecule has 1 aromatic carbocycles. The van der Waals surface area contributed by atoms with Gasteiger partial charge in [0.05, 0.1) is 13.5 Å². The first-order valence-corrected chi connectivity index (χ1v) is 8.01. The first-order chi connectivity index (χ1) is 12.1. The number of methoxy groups -OCH3 is 1. The van der Waals surface area contributed by atoms with E-state index >= 15 is 0 Å². The summed E-state index contributed by atoms with van der Waals surface area (Å²) in [5.74, 6) is 0.0871. The zero-order valence-corrected chi connectivity index (χ0v) is 14.5. The van der Waals surface area contributed by atoms with Crippen molar-refractivity contribution in [3.05, 3.63) is 59.9 Å². The number of carbonyl (C=O) groups excluding carboxylic acids is 2. The number of aryl methyl sites for hydroxylation is 1. The van der Waals surface area contributed by atoms with Crippen LogP contribution in [0.5, 0.6) is 5.75 Å². The average Bonchev–Trinajstić information content (AvgIpc) is 2.64. The molecule has 6 heteroatoms. The highest BCUT2D eigenvalue weighted by Gasteiger charge is 2.16. The number of pyridine rings is 1. The van der Waals surface area contributed by atoms with Gasteiger partial charge in [0.1, 0.15) is 5.75 Å². The maximum atomic E-state index is 12.5. The summed E-state index contributed by atoms with van der Waals surface area (Å²) in [6.07, 6.45) is 3.47. The molecule has 1 amide bonds. The van der Waals surface area contributed by atoms with Crippen LogP contribution in [-0.4, -0.2) is 42.0 Å². The molecule has 0 radical (unpaired) electrons. The summed E-state index contributed by atoms with van der Waals surface area (Å²) in [5.41, 5.74) is 2.06. The molecule has 0 saturated carbocycles. The summed E-state index contributed by atoms with van der Waals surface area (Å²) in [6, 6.07) is 11.2. The lowest BCUT2D eigenvalue weighted by Crippen LogP contribution is -2.36. The quantitative estimate of drug-likeness (QED) is 0.689. The van der Waals surface area contributed by atoms with Gasteiger partial charge in [-0.15, -0.1) is 0 Å². The number of hydrogen-bond donors (Lipinski definition) is 0. The molecule has 0 aliphatic heterocycles. The van der Waals surface area contributed by atoms with Crippen LogP contribution in [0, 0.1) is 6.92 Å². The SMILES string of the molecule is COC(=O)CCN(Cc1ccncc1)C(=O)COc1ccc(C)cc1. The van der Waals surface area contributed by atoms with Crippen LogP contribution in [0.1, 0.15) is 17.5 Å². The van der Waals surface area contributed by atoms with Crippen molar-refractivity contribution in [2.75, 3.05) is 20.3 Å². The molecule has 0 atom stereocenters. The van der Waals surface area contributed by atoms with Gasteiger partial charge in [-0.1, -0.05) is 17.7 Å². The second-order valence-corrected chi connectivity index (χ2v) is 5.60. The van der Waals surface area contributed by atoms with E-state index in [2.05, 4.69) is 9.72 Å². The molecule has 0 aliphatic carbocycles. The number of ether oxygens (including phenoxy) is 2. The third-order valence-electron chi connectivity index (χ3n) is 3.67. The van der Waals surface area contributed by atoms with E-state index in [9.17, 15) is 9.59 Å². The van der Waals surface area contributed by atoms with Gasteiger partial charge in [-0.3, -0.25) is 14.6 Å². The highest BCUT2D eigenvalue weighted by molar-refractivity contribution is 5.78. The van der Waals surface area contributed by atoms with Crippen LogP contribution in [0.4, 0.5) is 0 Å². The van der Waals surface area contributed by atoms with E-state index < -0.39 is 0 Å². The summed E-state index contributed by atoms with van der Waals surface area (Å²) in [5, 5.41) is 0. The topological polar surface area (TPSA) is 68.7 Å². The van der Waals surface area contributed by atoms with Crippen molar-refractivity contribution in [3.63, 3.8) is 0 Å². The molecule has 0 fully saturated rings. The fraction of sp³-hybridized carbons (Fsp3) is 0.316. The van der Waals surface area contributed by atoms with E-state index in [1.807, 2.05) is 43.3 Å². The zero-order valence-electron chi connectivity index (χ0n) is 14.5. The lowest BCUT2D eigenvalue weighted by Gasteiger charge is -2.22. The molecule has 132 valence electrons. The predicted molar refractivity (Wildman–Crippen MR) is 93.0 cm³/mol. The predicted octanol–water partition coefficient (Wildman–Crippen LogP) is 2.36. The van der Waals surface area contributed by atoms with Gasteiger partial charge >= 0.3 is 5.97 Å². The summed E-state index contributed by atoms with van der Waals surface area (Å²) < 4.78 is 10.2. The maximum absolute atomic E-state index is 12.5. The van der Waals surface area contributed by atoms with E-state index in [1.54, 1.807) is 17.3 Å². The number of amides is 1. The van der Waals surface area contributed by atoms with Crippen LogP contribution in [0.2, 0.25) is 0 Å². The van der Waals surface area contributed by atoms with Gasteiger partial charge in [-0.2, -0.15) is 0 Å². The van der Waals surface area contributed by atoms with Gasteiger partial charge in [-0.25, -0.2) is 0 Å². The van der Waals surface area contributed by atoms with Crippen molar-refractivity contribution in [2.24, 2.45) is 0 Å². The van der Waals surface area contributed by atoms with Crippen LogP contribution >= 0.6 is 0 Å². The minimum atomic E-state index is -0.355. The number of benzene rings is 1. The fourth-order valence-electron chi connectivity index (χ4n) is 2.20. The van der Waals surface area contributed by atoms with Gasteiger partial charge in [0, 0.05) is 25.5 Å². The van der Waals surface area contributed by atoms with E-state index in [4.69, 9.17) is 4.74 Å². The summed E-state index contributed by atoms with van der Waals surface area (Å²) >= 11 is 0. The van der Waals surface area contributed by atoms with Crippen molar-refractivity contribution in [1.82, 2.24) is 9.88 Å². The minimum absolute atomic E-state index is 0.0880. The zero-order chi connectivity index (χ0) is 18.1. The lowest BCUT2D eigenvalue weighted by atomic mass is 10.2. The molecule has 0 spiro atoms. The van der Waals surface area contributed by atoms with E-state index in [1.165, 1.54) is 7.11 Å². The van der Waals surface area contributed by atoms with Crippen molar-refractivity contribution in [3.8, 4) is 5.75 Å². The van der Waals surface area contributed by atoms with Crippen LogP contribution in [-0.2, 0) is 20.9 Å². The number of rotatable bonds is 8. The molecule has 2 aromatic rings. The first-order valence-electron chi connectivity index (χ1n) is 8.01. The molecule has 0 N–H and O–H groups in total. The molecular formula is C19H22N2O4. The van der Waals surface area contributed by atoms with Crippen LogP contribution in [0.3, 0.4) is 0 Å². The lowest BCUT2D eigenvalue weighted by molar-refractivity contribution is -0.142. The molecule has 0 unspecified atom stereocenters. The second-order valence-electron chi connectivity index (χ2n) is 5.60. The molecule has 6 nitrogen and oxygen atoms in total. The van der Waals surface area contributed by atoms with Gasteiger partial charge in [0.15, 0.2) is 6.61 Å². The molecule has 2 rings (SSSR count). The van der Waals surface area contributed by atoms with E-state index in [0.29, 0.717) is 12.3 Å². The van der Waals surface area contributed by atoms with Gasteiger partial charge in [-0.05, 0) is 36.8 Å². The smallest absolute Gasteiger partial charge is 0.307 e.